The zero-order valence-corrected chi connectivity index (χ0v) is 10.9. The number of rotatable bonds is 5. The van der Waals surface area contributed by atoms with Crippen molar-refractivity contribution in [2.75, 3.05) is 0 Å². The van der Waals surface area contributed by atoms with Crippen molar-refractivity contribution in [3.05, 3.63) is 47.3 Å². The number of aromatic nitrogens is 3. The van der Waals surface area contributed by atoms with Crippen molar-refractivity contribution in [1.82, 2.24) is 20.0 Å². The number of nitrogens with two attached hydrogens (primary N) is 1. The Hall–Kier alpha value is -1.43. The van der Waals surface area contributed by atoms with Crippen molar-refractivity contribution in [3.8, 4) is 0 Å². The molecular weight excluding hydrogens is 250 g/mol. The van der Waals surface area contributed by atoms with Crippen LogP contribution in [0.1, 0.15) is 30.8 Å². The topological polar surface area (TPSA) is 68.8 Å². The molecule has 6 heteroatoms. The maximum absolute atomic E-state index is 6.15. The van der Waals surface area contributed by atoms with Crippen LogP contribution in [0.4, 0.5) is 0 Å². The van der Waals surface area contributed by atoms with E-state index in [1.54, 1.807) is 18.6 Å². The highest BCUT2D eigenvalue weighted by Crippen LogP contribution is 2.26. The largest absolute Gasteiger partial charge is 0.333 e. The van der Waals surface area contributed by atoms with E-state index < -0.39 is 0 Å². The van der Waals surface area contributed by atoms with Gasteiger partial charge in [-0.2, -0.15) is 0 Å². The molecule has 0 saturated heterocycles. The molecule has 2 aromatic heterocycles. The van der Waals surface area contributed by atoms with Gasteiger partial charge in [0.25, 0.3) is 0 Å². The summed E-state index contributed by atoms with van der Waals surface area (Å²) in [7, 11) is 0. The molecule has 2 aromatic rings. The Morgan fingerprint density at radius 1 is 1.50 bits per heavy atom. The molecule has 5 nitrogen and oxygen atoms in total. The molecule has 0 aliphatic carbocycles. The van der Waals surface area contributed by atoms with Crippen LogP contribution in [0.2, 0.25) is 5.02 Å². The predicted octanol–water partition coefficient (Wildman–Crippen LogP) is 1.89. The predicted molar refractivity (Wildman–Crippen MR) is 70.9 cm³/mol. The summed E-state index contributed by atoms with van der Waals surface area (Å²) in [5, 5.41) is 0.575. The first-order chi connectivity index (χ1) is 8.77. The molecule has 96 valence electrons. The highest BCUT2D eigenvalue weighted by Gasteiger charge is 2.19. The molecule has 0 radical (unpaired) electrons. The lowest BCUT2D eigenvalue weighted by Gasteiger charge is -2.18. The lowest BCUT2D eigenvalue weighted by Crippen LogP contribution is -2.31. The van der Waals surface area contributed by atoms with Crippen molar-refractivity contribution >= 4 is 11.6 Å². The van der Waals surface area contributed by atoms with Gasteiger partial charge in [0.05, 0.1) is 5.02 Å². The summed E-state index contributed by atoms with van der Waals surface area (Å²) in [6.07, 6.45) is 8.04. The second kappa shape index (κ2) is 5.95. The van der Waals surface area contributed by atoms with Crippen LogP contribution in [-0.2, 0) is 6.54 Å². The normalized spacial score (nSPS) is 12.6. The Kier molecular flexibility index (Phi) is 4.30. The molecule has 0 bridgehead atoms. The molecule has 1 unspecified atom stereocenters. The molecule has 1 atom stereocenters. The molecule has 3 N–H and O–H groups in total. The van der Waals surface area contributed by atoms with E-state index in [4.69, 9.17) is 17.4 Å². The number of imidazole rings is 1. The van der Waals surface area contributed by atoms with Gasteiger partial charge in [-0.05, 0) is 18.1 Å². The maximum atomic E-state index is 6.15. The summed E-state index contributed by atoms with van der Waals surface area (Å²) in [5.74, 6) is 6.50. The fourth-order valence-electron chi connectivity index (χ4n) is 1.93. The van der Waals surface area contributed by atoms with Crippen LogP contribution in [0.5, 0.6) is 0 Å². The number of nitrogens with one attached hydrogen (secondary N) is 1. The average Bonchev–Trinajstić information content (AvgIpc) is 2.82. The summed E-state index contributed by atoms with van der Waals surface area (Å²) < 4.78 is 2.07. The Balaban J connectivity index is 2.39. The third kappa shape index (κ3) is 2.53. The lowest BCUT2D eigenvalue weighted by molar-refractivity contribution is 0.545. The Bertz CT molecular complexity index is 511. The van der Waals surface area contributed by atoms with Gasteiger partial charge in [-0.1, -0.05) is 18.5 Å². The molecule has 2 heterocycles. The van der Waals surface area contributed by atoms with Gasteiger partial charge in [0, 0.05) is 31.3 Å². The molecule has 0 fully saturated rings. The van der Waals surface area contributed by atoms with Gasteiger partial charge in [-0.25, -0.2) is 10.4 Å². The number of pyridine rings is 1. The summed E-state index contributed by atoms with van der Waals surface area (Å²) in [4.78, 5) is 8.34. The van der Waals surface area contributed by atoms with Crippen LogP contribution in [0.3, 0.4) is 0 Å². The van der Waals surface area contributed by atoms with Crippen LogP contribution in [0.25, 0.3) is 0 Å². The number of hydrogen-bond acceptors (Lipinski definition) is 4. The number of halogens is 1. The van der Waals surface area contributed by atoms with Crippen molar-refractivity contribution < 1.29 is 0 Å². The summed E-state index contributed by atoms with van der Waals surface area (Å²) in [6.45, 7) is 3.02. The van der Waals surface area contributed by atoms with Crippen LogP contribution < -0.4 is 11.3 Å². The quantitative estimate of drug-likeness (QED) is 0.640. The van der Waals surface area contributed by atoms with Crippen LogP contribution in [-0.4, -0.2) is 14.5 Å². The number of nitrogens with zero attached hydrogens (tertiary/aromatic N) is 3. The van der Waals surface area contributed by atoms with E-state index in [0.29, 0.717) is 5.02 Å². The summed E-state index contributed by atoms with van der Waals surface area (Å²) >= 11 is 6.15. The van der Waals surface area contributed by atoms with Gasteiger partial charge in [0.1, 0.15) is 11.9 Å². The first kappa shape index (κ1) is 13.0. The maximum Gasteiger partial charge on any atom is 0.131 e. The minimum absolute atomic E-state index is 0.234. The molecular formula is C12H16ClN5. The van der Waals surface area contributed by atoms with Crippen LogP contribution >= 0.6 is 11.6 Å². The number of aryl methyl sites for hydroxylation is 1. The standard InChI is InChI=1S/C12H16ClN5/c1-2-6-18-7-5-16-12(18)11(17-14)9-3-4-15-8-10(9)13/h3-5,7-8,11,17H,2,6,14H2,1H3. The highest BCUT2D eigenvalue weighted by atomic mass is 35.5. The van der Waals surface area contributed by atoms with E-state index in [0.717, 1.165) is 24.4 Å². The molecule has 0 aromatic carbocycles. The van der Waals surface area contributed by atoms with Gasteiger partial charge in [0.15, 0.2) is 0 Å². The van der Waals surface area contributed by atoms with Crippen molar-refractivity contribution in [3.63, 3.8) is 0 Å². The van der Waals surface area contributed by atoms with Crippen LogP contribution in [0, 0.1) is 0 Å². The monoisotopic (exact) mass is 265 g/mol. The number of hydrazine groups is 1. The second-order valence-corrected chi connectivity index (χ2v) is 4.38. The fourth-order valence-corrected chi connectivity index (χ4v) is 2.16. The highest BCUT2D eigenvalue weighted by molar-refractivity contribution is 6.31. The van der Waals surface area contributed by atoms with Crippen molar-refractivity contribution in [1.29, 1.82) is 0 Å². The van der Waals surface area contributed by atoms with Gasteiger partial charge in [-0.3, -0.25) is 10.8 Å². The molecule has 18 heavy (non-hydrogen) atoms. The minimum Gasteiger partial charge on any atom is -0.333 e. The number of hydrogen-bond donors (Lipinski definition) is 2. The molecule has 0 amide bonds. The second-order valence-electron chi connectivity index (χ2n) is 3.98. The molecule has 0 spiro atoms. The fraction of sp³-hybridized carbons (Fsp3) is 0.333. The van der Waals surface area contributed by atoms with Gasteiger partial charge < -0.3 is 4.57 Å². The lowest BCUT2D eigenvalue weighted by atomic mass is 10.1. The molecule has 0 aliphatic heterocycles. The zero-order valence-electron chi connectivity index (χ0n) is 10.2. The smallest absolute Gasteiger partial charge is 0.131 e. The first-order valence-electron chi connectivity index (χ1n) is 5.84. The van der Waals surface area contributed by atoms with E-state index >= 15 is 0 Å². The summed E-state index contributed by atoms with van der Waals surface area (Å²) in [6, 6.07) is 1.61. The molecule has 2 rings (SSSR count). The van der Waals surface area contributed by atoms with Crippen molar-refractivity contribution in [2.24, 2.45) is 5.84 Å². The first-order valence-corrected chi connectivity index (χ1v) is 6.22. The Morgan fingerprint density at radius 3 is 3.00 bits per heavy atom. The van der Waals surface area contributed by atoms with Gasteiger partial charge >= 0.3 is 0 Å². The summed E-state index contributed by atoms with van der Waals surface area (Å²) in [5.41, 5.74) is 3.64. The van der Waals surface area contributed by atoms with E-state index in [-0.39, 0.29) is 6.04 Å². The van der Waals surface area contributed by atoms with Gasteiger partial charge in [0.2, 0.25) is 0 Å². The average molecular weight is 266 g/mol. The van der Waals surface area contributed by atoms with E-state index in [2.05, 4.69) is 26.9 Å². The Morgan fingerprint density at radius 2 is 2.33 bits per heavy atom. The Labute approximate surface area is 111 Å². The third-order valence-electron chi connectivity index (χ3n) is 2.75. The van der Waals surface area contributed by atoms with Gasteiger partial charge in [-0.15, -0.1) is 0 Å². The van der Waals surface area contributed by atoms with E-state index in [1.807, 2.05) is 12.3 Å². The van der Waals surface area contributed by atoms with Crippen molar-refractivity contribution in [2.45, 2.75) is 25.9 Å². The van der Waals surface area contributed by atoms with Crippen LogP contribution in [0.15, 0.2) is 30.9 Å². The third-order valence-corrected chi connectivity index (χ3v) is 3.07. The minimum atomic E-state index is -0.234. The zero-order chi connectivity index (χ0) is 13.0. The van der Waals surface area contributed by atoms with E-state index in [9.17, 15) is 0 Å². The molecule has 0 aliphatic rings. The van der Waals surface area contributed by atoms with E-state index in [1.165, 1.54) is 0 Å². The SMILES string of the molecule is CCCn1ccnc1C(NN)c1ccncc1Cl. The molecule has 0 saturated carbocycles.